The summed E-state index contributed by atoms with van der Waals surface area (Å²) >= 11 is 0. The van der Waals surface area contributed by atoms with Crippen LogP contribution in [0.4, 0.5) is 0 Å². The summed E-state index contributed by atoms with van der Waals surface area (Å²) < 4.78 is 9.70. The van der Waals surface area contributed by atoms with Crippen molar-refractivity contribution in [2.45, 2.75) is 27.3 Å². The maximum Gasteiger partial charge on any atom is 0.322 e. The number of hydrogen-bond donors (Lipinski definition) is 0. The van der Waals surface area contributed by atoms with Crippen LogP contribution in [0.5, 0.6) is 0 Å². The Labute approximate surface area is 141 Å². The minimum atomic E-state index is -1.21. The molecular weight excluding hydrogens is 310 g/mol. The van der Waals surface area contributed by atoms with Gasteiger partial charge < -0.3 is 9.47 Å². The third-order valence-corrected chi connectivity index (χ3v) is 3.51. The number of esters is 2. The average molecular weight is 333 g/mol. The Morgan fingerprint density at radius 1 is 1.12 bits per heavy atom. The molecule has 2 unspecified atom stereocenters. The maximum absolute atomic E-state index is 12.1. The molecule has 6 nitrogen and oxygen atoms in total. The third-order valence-electron chi connectivity index (χ3n) is 3.51. The van der Waals surface area contributed by atoms with Crippen LogP contribution < -0.4 is 0 Å². The van der Waals surface area contributed by atoms with Gasteiger partial charge in [-0.1, -0.05) is 30.3 Å². The van der Waals surface area contributed by atoms with Crippen LogP contribution in [0, 0.1) is 11.8 Å². The zero-order valence-corrected chi connectivity index (χ0v) is 14.4. The number of hydrogen-bond acceptors (Lipinski definition) is 6. The lowest BCUT2D eigenvalue weighted by molar-refractivity contribution is -0.146. The molecule has 0 saturated carbocycles. The van der Waals surface area contributed by atoms with Crippen molar-refractivity contribution in [1.82, 2.24) is 0 Å². The fourth-order valence-corrected chi connectivity index (χ4v) is 2.25. The van der Waals surface area contributed by atoms with Crippen molar-refractivity contribution in [3.8, 4) is 0 Å². The molecule has 0 N–H and O–H groups in total. The van der Waals surface area contributed by atoms with Gasteiger partial charge in [-0.25, -0.2) is 0 Å². The van der Waals surface area contributed by atoms with E-state index in [2.05, 4.69) is 4.99 Å². The molecule has 1 rings (SSSR count). The van der Waals surface area contributed by atoms with Gasteiger partial charge >= 0.3 is 11.9 Å². The molecule has 0 bridgehead atoms. The Morgan fingerprint density at radius 3 is 2.25 bits per heavy atom. The number of carbonyl (C=O) groups is 3. The van der Waals surface area contributed by atoms with E-state index < -0.39 is 29.6 Å². The van der Waals surface area contributed by atoms with Crippen molar-refractivity contribution in [2.75, 3.05) is 13.7 Å². The molecule has 0 aromatic heterocycles. The molecular formula is C18H23NO5. The zero-order valence-electron chi connectivity index (χ0n) is 14.4. The molecule has 0 heterocycles. The van der Waals surface area contributed by atoms with Gasteiger partial charge in [-0.3, -0.25) is 19.4 Å². The first kappa shape index (κ1) is 19.5. The minimum Gasteiger partial charge on any atom is -0.468 e. The van der Waals surface area contributed by atoms with E-state index in [-0.39, 0.29) is 18.9 Å². The molecule has 0 aliphatic carbocycles. The molecule has 24 heavy (non-hydrogen) atoms. The maximum atomic E-state index is 12.1. The predicted octanol–water partition coefficient (Wildman–Crippen LogP) is 2.21. The Bertz CT molecular complexity index is 609. The second kappa shape index (κ2) is 9.60. The largest absolute Gasteiger partial charge is 0.468 e. The van der Waals surface area contributed by atoms with Gasteiger partial charge in [0, 0.05) is 5.71 Å². The van der Waals surface area contributed by atoms with E-state index in [1.807, 2.05) is 30.3 Å². The Morgan fingerprint density at radius 2 is 1.75 bits per heavy atom. The van der Waals surface area contributed by atoms with E-state index in [1.165, 1.54) is 14.0 Å². The van der Waals surface area contributed by atoms with Crippen molar-refractivity contribution in [1.29, 1.82) is 0 Å². The molecule has 0 aliphatic heterocycles. The highest BCUT2D eigenvalue weighted by Gasteiger charge is 2.36. The first-order chi connectivity index (χ1) is 11.4. The van der Waals surface area contributed by atoms with Gasteiger partial charge in [-0.05, 0) is 26.3 Å². The Hall–Kier alpha value is -2.50. The summed E-state index contributed by atoms with van der Waals surface area (Å²) in [5.41, 5.74) is 1.06. The fraction of sp³-hybridized carbons (Fsp3) is 0.444. The average Bonchev–Trinajstić information content (AvgIpc) is 2.58. The van der Waals surface area contributed by atoms with E-state index in [9.17, 15) is 14.4 Å². The van der Waals surface area contributed by atoms with E-state index in [4.69, 9.17) is 9.47 Å². The molecule has 1 aromatic rings. The number of nitrogens with zero attached hydrogens (tertiary/aromatic N) is 1. The van der Waals surface area contributed by atoms with Crippen LogP contribution in [-0.4, -0.2) is 37.2 Å². The number of ether oxygens (including phenoxy) is 2. The van der Waals surface area contributed by atoms with Crippen LogP contribution >= 0.6 is 0 Å². The van der Waals surface area contributed by atoms with Crippen molar-refractivity contribution >= 4 is 23.4 Å². The normalized spacial score (nSPS) is 13.8. The van der Waals surface area contributed by atoms with Gasteiger partial charge in [-0.2, -0.15) is 0 Å². The summed E-state index contributed by atoms with van der Waals surface area (Å²) in [6.07, 6.45) is 0. The summed E-state index contributed by atoms with van der Waals surface area (Å²) in [6, 6.07) is 9.35. The SMILES string of the molecule is CCOC(=O)C(C)C(=NCc1ccccc1)C(C(C)=O)C(=O)OC. The smallest absolute Gasteiger partial charge is 0.322 e. The monoisotopic (exact) mass is 333 g/mol. The van der Waals surface area contributed by atoms with Crippen LogP contribution in [0.3, 0.4) is 0 Å². The highest BCUT2D eigenvalue weighted by molar-refractivity contribution is 6.22. The van der Waals surface area contributed by atoms with Gasteiger partial charge in [0.05, 0.1) is 26.2 Å². The van der Waals surface area contributed by atoms with Gasteiger partial charge in [-0.15, -0.1) is 0 Å². The Balaban J connectivity index is 3.20. The van der Waals surface area contributed by atoms with Crippen molar-refractivity contribution in [2.24, 2.45) is 16.8 Å². The van der Waals surface area contributed by atoms with Gasteiger partial charge in [0.25, 0.3) is 0 Å². The van der Waals surface area contributed by atoms with E-state index >= 15 is 0 Å². The highest BCUT2D eigenvalue weighted by Crippen LogP contribution is 2.16. The molecule has 0 radical (unpaired) electrons. The molecule has 0 spiro atoms. The molecule has 0 fully saturated rings. The lowest BCUT2D eigenvalue weighted by Crippen LogP contribution is -2.38. The van der Waals surface area contributed by atoms with Gasteiger partial charge in [0.1, 0.15) is 5.78 Å². The number of aliphatic imine (C=N–C) groups is 1. The molecule has 0 aliphatic rings. The second-order valence-electron chi connectivity index (χ2n) is 5.27. The van der Waals surface area contributed by atoms with Crippen LogP contribution in [0.1, 0.15) is 26.3 Å². The van der Waals surface area contributed by atoms with Crippen molar-refractivity contribution in [3.05, 3.63) is 35.9 Å². The summed E-state index contributed by atoms with van der Waals surface area (Å²) in [4.78, 5) is 40.4. The third kappa shape index (κ3) is 5.30. The van der Waals surface area contributed by atoms with Gasteiger partial charge in [0.15, 0.2) is 5.92 Å². The quantitative estimate of drug-likeness (QED) is 0.414. The first-order valence-corrected chi connectivity index (χ1v) is 7.75. The number of carbonyl (C=O) groups excluding carboxylic acids is 3. The van der Waals surface area contributed by atoms with E-state index in [0.717, 1.165) is 5.56 Å². The highest BCUT2D eigenvalue weighted by atomic mass is 16.5. The van der Waals surface area contributed by atoms with E-state index in [1.54, 1.807) is 13.8 Å². The topological polar surface area (TPSA) is 82.0 Å². The molecule has 2 atom stereocenters. The number of ketones is 1. The summed E-state index contributed by atoms with van der Waals surface area (Å²) in [7, 11) is 1.20. The fourth-order valence-electron chi connectivity index (χ4n) is 2.25. The van der Waals surface area contributed by atoms with Crippen LogP contribution in [0.2, 0.25) is 0 Å². The number of Topliss-reactive ketones (excluding diaryl/α,β-unsaturated/α-hetero) is 1. The van der Waals surface area contributed by atoms with Gasteiger partial charge in [0.2, 0.25) is 0 Å². The predicted molar refractivity (Wildman–Crippen MR) is 89.6 cm³/mol. The molecule has 0 amide bonds. The number of benzene rings is 1. The lowest BCUT2D eigenvalue weighted by Gasteiger charge is -2.19. The number of rotatable bonds is 8. The number of methoxy groups -OCH3 is 1. The summed E-state index contributed by atoms with van der Waals surface area (Å²) in [5.74, 6) is -3.71. The van der Waals surface area contributed by atoms with Crippen molar-refractivity contribution < 1.29 is 23.9 Å². The lowest BCUT2D eigenvalue weighted by atomic mass is 9.89. The Kier molecular flexibility index (Phi) is 7.82. The molecule has 130 valence electrons. The van der Waals surface area contributed by atoms with Crippen molar-refractivity contribution in [3.63, 3.8) is 0 Å². The minimum absolute atomic E-state index is 0.164. The standard InChI is InChI=1S/C18H23NO5/c1-5-24-17(21)12(2)16(15(13(3)20)18(22)23-4)19-11-14-9-7-6-8-10-14/h6-10,12,15H,5,11H2,1-4H3. The zero-order chi connectivity index (χ0) is 18.1. The summed E-state index contributed by atoms with van der Waals surface area (Å²) in [5, 5.41) is 0. The van der Waals surface area contributed by atoms with Crippen LogP contribution in [-0.2, 0) is 30.4 Å². The molecule has 0 saturated heterocycles. The first-order valence-electron chi connectivity index (χ1n) is 7.75. The van der Waals surface area contributed by atoms with Crippen LogP contribution in [0.15, 0.2) is 35.3 Å². The van der Waals surface area contributed by atoms with Crippen LogP contribution in [0.25, 0.3) is 0 Å². The molecule has 6 heteroatoms. The van der Waals surface area contributed by atoms with E-state index in [0.29, 0.717) is 0 Å². The molecule has 1 aromatic carbocycles. The summed E-state index contributed by atoms with van der Waals surface area (Å²) in [6.45, 7) is 4.99. The second-order valence-corrected chi connectivity index (χ2v) is 5.27.